The Morgan fingerprint density at radius 3 is 2.56 bits per heavy atom. The van der Waals surface area contributed by atoms with Gasteiger partial charge in [0, 0.05) is 11.3 Å². The number of para-hydroxylation sites is 1. The Hall–Kier alpha value is -1.85. The standard InChI is InChI=1S/C20H25BrN2O2/c1-13(2)16-7-5-6-8-18(16)23-20(24)12-22-14(3)15-9-10-19(25-4)17(21)11-15/h5-11,13-14,22H,12H2,1-4H3,(H,23,24)/p+1/t14-/m0/s1. The molecule has 1 atom stereocenters. The molecule has 0 heterocycles. The topological polar surface area (TPSA) is 54.9 Å². The van der Waals surface area contributed by atoms with Gasteiger partial charge >= 0.3 is 0 Å². The molecule has 0 aromatic heterocycles. The van der Waals surface area contributed by atoms with E-state index < -0.39 is 0 Å². The van der Waals surface area contributed by atoms with Gasteiger partial charge in [0.2, 0.25) is 0 Å². The van der Waals surface area contributed by atoms with Crippen molar-refractivity contribution in [3.8, 4) is 5.75 Å². The maximum absolute atomic E-state index is 12.3. The van der Waals surface area contributed by atoms with E-state index >= 15 is 0 Å². The van der Waals surface area contributed by atoms with Crippen molar-refractivity contribution in [1.29, 1.82) is 0 Å². The molecule has 0 saturated heterocycles. The summed E-state index contributed by atoms with van der Waals surface area (Å²) in [5.41, 5.74) is 3.20. The number of benzene rings is 2. The lowest BCUT2D eigenvalue weighted by atomic mass is 10.0. The highest BCUT2D eigenvalue weighted by atomic mass is 79.9. The minimum atomic E-state index is 0.00697. The summed E-state index contributed by atoms with van der Waals surface area (Å²) in [6.07, 6.45) is 0. The molecule has 25 heavy (non-hydrogen) atoms. The van der Waals surface area contributed by atoms with Gasteiger partial charge in [0.05, 0.1) is 11.6 Å². The number of carbonyl (C=O) groups is 1. The molecule has 0 spiro atoms. The second kappa shape index (κ2) is 9.02. The number of methoxy groups -OCH3 is 1. The number of anilines is 1. The van der Waals surface area contributed by atoms with E-state index in [1.54, 1.807) is 7.11 Å². The fourth-order valence-corrected chi connectivity index (χ4v) is 3.26. The first kappa shape index (κ1) is 19.5. The van der Waals surface area contributed by atoms with Gasteiger partial charge in [-0.05, 0) is 58.6 Å². The summed E-state index contributed by atoms with van der Waals surface area (Å²) in [5.74, 6) is 1.18. The molecule has 2 aromatic carbocycles. The van der Waals surface area contributed by atoms with E-state index in [-0.39, 0.29) is 11.9 Å². The Labute approximate surface area is 158 Å². The summed E-state index contributed by atoms with van der Waals surface area (Å²) < 4.78 is 6.17. The monoisotopic (exact) mass is 405 g/mol. The average molecular weight is 406 g/mol. The maximum atomic E-state index is 12.3. The molecule has 5 heteroatoms. The van der Waals surface area contributed by atoms with E-state index in [9.17, 15) is 4.79 Å². The predicted octanol–water partition coefficient (Wildman–Crippen LogP) is 3.84. The summed E-state index contributed by atoms with van der Waals surface area (Å²) >= 11 is 3.50. The van der Waals surface area contributed by atoms with Gasteiger partial charge in [0.25, 0.3) is 5.91 Å². The van der Waals surface area contributed by atoms with Crippen LogP contribution in [0.4, 0.5) is 5.69 Å². The van der Waals surface area contributed by atoms with Crippen LogP contribution in [-0.2, 0) is 4.79 Å². The Kier molecular flexibility index (Phi) is 7.02. The van der Waals surface area contributed by atoms with Crippen molar-refractivity contribution in [3.05, 3.63) is 58.1 Å². The smallest absolute Gasteiger partial charge is 0.279 e. The van der Waals surface area contributed by atoms with Gasteiger partial charge in [-0.2, -0.15) is 0 Å². The fraction of sp³-hybridized carbons (Fsp3) is 0.350. The molecule has 3 N–H and O–H groups in total. The van der Waals surface area contributed by atoms with Crippen LogP contribution >= 0.6 is 15.9 Å². The molecular weight excluding hydrogens is 380 g/mol. The lowest BCUT2D eigenvalue weighted by Gasteiger charge is -2.15. The zero-order valence-electron chi connectivity index (χ0n) is 15.2. The minimum absolute atomic E-state index is 0.00697. The van der Waals surface area contributed by atoms with E-state index in [2.05, 4.69) is 48.1 Å². The highest BCUT2D eigenvalue weighted by Crippen LogP contribution is 2.27. The fourth-order valence-electron chi connectivity index (χ4n) is 2.70. The SMILES string of the molecule is COc1ccc([C@H](C)[NH2+]CC(=O)Nc2ccccc2C(C)C)cc1Br. The second-order valence-corrected chi connectivity index (χ2v) is 7.27. The molecule has 2 rings (SSSR count). The maximum Gasteiger partial charge on any atom is 0.279 e. The van der Waals surface area contributed by atoms with Gasteiger partial charge < -0.3 is 15.4 Å². The van der Waals surface area contributed by atoms with Crippen molar-refractivity contribution in [1.82, 2.24) is 0 Å². The van der Waals surface area contributed by atoms with E-state index in [0.717, 1.165) is 27.0 Å². The quantitative estimate of drug-likeness (QED) is 0.734. The number of quaternary nitrogens is 1. The van der Waals surface area contributed by atoms with Crippen LogP contribution in [0.1, 0.15) is 43.9 Å². The van der Waals surface area contributed by atoms with E-state index in [4.69, 9.17) is 4.74 Å². The van der Waals surface area contributed by atoms with Crippen LogP contribution in [0.3, 0.4) is 0 Å². The number of halogens is 1. The predicted molar refractivity (Wildman–Crippen MR) is 105 cm³/mol. The van der Waals surface area contributed by atoms with Gasteiger partial charge in [-0.1, -0.05) is 32.0 Å². The summed E-state index contributed by atoms with van der Waals surface area (Å²) in [7, 11) is 1.65. The number of hydrogen-bond acceptors (Lipinski definition) is 2. The van der Waals surface area contributed by atoms with Crippen molar-refractivity contribution in [3.63, 3.8) is 0 Å². The molecule has 0 bridgehead atoms. The normalized spacial score (nSPS) is 12.1. The van der Waals surface area contributed by atoms with Crippen LogP contribution in [0, 0.1) is 0 Å². The third-order valence-electron chi connectivity index (χ3n) is 4.22. The number of hydrogen-bond donors (Lipinski definition) is 2. The molecule has 0 aliphatic rings. The number of ether oxygens (including phenoxy) is 1. The third-order valence-corrected chi connectivity index (χ3v) is 4.84. The molecule has 0 saturated carbocycles. The molecule has 1 amide bonds. The van der Waals surface area contributed by atoms with Crippen molar-refractivity contribution in [2.75, 3.05) is 19.0 Å². The van der Waals surface area contributed by atoms with Crippen LogP contribution in [-0.4, -0.2) is 19.6 Å². The molecule has 2 aromatic rings. The highest BCUT2D eigenvalue weighted by molar-refractivity contribution is 9.10. The molecule has 0 fully saturated rings. The number of rotatable bonds is 7. The lowest BCUT2D eigenvalue weighted by Crippen LogP contribution is -2.86. The summed E-state index contributed by atoms with van der Waals surface area (Å²) in [4.78, 5) is 12.3. The summed E-state index contributed by atoms with van der Waals surface area (Å²) in [6.45, 7) is 6.71. The Bertz CT molecular complexity index is 731. The first-order valence-corrected chi connectivity index (χ1v) is 9.27. The van der Waals surface area contributed by atoms with Crippen molar-refractivity contribution in [2.24, 2.45) is 0 Å². The molecule has 4 nitrogen and oxygen atoms in total. The first-order chi connectivity index (χ1) is 11.9. The Morgan fingerprint density at radius 1 is 1.20 bits per heavy atom. The van der Waals surface area contributed by atoms with Crippen LogP contribution < -0.4 is 15.4 Å². The molecule has 134 valence electrons. The lowest BCUT2D eigenvalue weighted by molar-refractivity contribution is -0.682. The van der Waals surface area contributed by atoms with E-state index in [1.165, 1.54) is 0 Å². The number of nitrogens with two attached hydrogens (primary N) is 1. The van der Waals surface area contributed by atoms with Crippen molar-refractivity contribution >= 4 is 27.5 Å². The molecule has 0 unspecified atom stereocenters. The van der Waals surface area contributed by atoms with Gasteiger partial charge in [-0.25, -0.2) is 0 Å². The second-order valence-electron chi connectivity index (χ2n) is 6.41. The third kappa shape index (κ3) is 5.31. The van der Waals surface area contributed by atoms with Crippen molar-refractivity contribution < 1.29 is 14.8 Å². The van der Waals surface area contributed by atoms with Crippen LogP contribution in [0.25, 0.3) is 0 Å². The summed E-state index contributed by atoms with van der Waals surface area (Å²) in [5, 5.41) is 5.06. The van der Waals surface area contributed by atoms with Crippen LogP contribution in [0.2, 0.25) is 0 Å². The average Bonchev–Trinajstić information content (AvgIpc) is 2.59. The number of carbonyl (C=O) groups excluding carboxylic acids is 1. The van der Waals surface area contributed by atoms with Gasteiger partial charge in [-0.3, -0.25) is 4.79 Å². The zero-order valence-corrected chi connectivity index (χ0v) is 16.8. The van der Waals surface area contributed by atoms with Crippen molar-refractivity contribution in [2.45, 2.75) is 32.7 Å². The van der Waals surface area contributed by atoms with Crippen LogP contribution in [0.15, 0.2) is 46.9 Å². The van der Waals surface area contributed by atoms with Gasteiger partial charge in [-0.15, -0.1) is 0 Å². The van der Waals surface area contributed by atoms with Gasteiger partial charge in [0.1, 0.15) is 11.8 Å². The number of amides is 1. The summed E-state index contributed by atoms with van der Waals surface area (Å²) in [6, 6.07) is 14.1. The molecule has 0 aliphatic carbocycles. The molecule has 0 aliphatic heterocycles. The largest absolute Gasteiger partial charge is 0.496 e. The number of nitrogens with one attached hydrogen (secondary N) is 1. The Balaban J connectivity index is 1.95. The molecule has 0 radical (unpaired) electrons. The van der Waals surface area contributed by atoms with E-state index in [1.807, 2.05) is 41.7 Å². The molecular formula is C20H26BrN2O2+. The zero-order chi connectivity index (χ0) is 18.4. The van der Waals surface area contributed by atoms with Gasteiger partial charge in [0.15, 0.2) is 6.54 Å². The minimum Gasteiger partial charge on any atom is -0.496 e. The van der Waals surface area contributed by atoms with E-state index in [0.29, 0.717) is 12.5 Å². The first-order valence-electron chi connectivity index (χ1n) is 8.48. The van der Waals surface area contributed by atoms with Crippen LogP contribution in [0.5, 0.6) is 5.75 Å². The highest BCUT2D eigenvalue weighted by Gasteiger charge is 2.15. The Morgan fingerprint density at radius 2 is 1.92 bits per heavy atom.